The van der Waals surface area contributed by atoms with Gasteiger partial charge >= 0.3 is 6.03 Å². The van der Waals surface area contributed by atoms with E-state index in [-0.39, 0.29) is 31.1 Å². The quantitative estimate of drug-likeness (QED) is 0.150. The van der Waals surface area contributed by atoms with E-state index in [4.69, 9.17) is 21.7 Å². The van der Waals surface area contributed by atoms with E-state index in [9.17, 15) is 18.8 Å². The molecule has 4 amide bonds. The number of imidazole rings is 1. The first-order valence-corrected chi connectivity index (χ1v) is 21.3. The third-order valence-corrected chi connectivity index (χ3v) is 13.4. The van der Waals surface area contributed by atoms with Gasteiger partial charge in [-0.25, -0.2) is 27.5 Å². The topological polar surface area (TPSA) is 143 Å². The number of urea groups is 1. The number of rotatable bonds is 10. The van der Waals surface area contributed by atoms with Gasteiger partial charge in [0.1, 0.15) is 6.17 Å². The molecule has 14 nitrogen and oxygen atoms in total. The first-order chi connectivity index (χ1) is 29.8. The lowest BCUT2D eigenvalue weighted by Gasteiger charge is -2.57. The summed E-state index contributed by atoms with van der Waals surface area (Å²) in [5.74, 6) is -3.04. The summed E-state index contributed by atoms with van der Waals surface area (Å²) < 4.78 is 47.1. The van der Waals surface area contributed by atoms with Gasteiger partial charge in [-0.3, -0.25) is 34.6 Å². The van der Waals surface area contributed by atoms with Crippen LogP contribution in [-0.2, 0) is 24.3 Å². The van der Waals surface area contributed by atoms with Crippen molar-refractivity contribution in [2.24, 2.45) is 5.41 Å². The minimum Gasteiger partial charge on any atom is -0.385 e. The summed E-state index contributed by atoms with van der Waals surface area (Å²) in [4.78, 5) is 53.9. The molecule has 1 spiro atoms. The number of imide groups is 1. The molecule has 0 radical (unpaired) electrons. The van der Waals surface area contributed by atoms with Crippen molar-refractivity contribution < 1.29 is 27.6 Å². The van der Waals surface area contributed by atoms with Crippen molar-refractivity contribution in [3.05, 3.63) is 93.9 Å². The number of likely N-dealkylation sites (tertiary alicyclic amines) is 2. The molecular formula is C44H45ClF3N11O3. The van der Waals surface area contributed by atoms with Gasteiger partial charge in [0, 0.05) is 82.7 Å². The number of alkyl halides is 3. The highest BCUT2D eigenvalue weighted by Gasteiger charge is 2.62. The molecule has 5 aromatic rings. The third kappa shape index (κ3) is 7.09. The molecule has 4 aliphatic heterocycles. The number of amides is 4. The van der Waals surface area contributed by atoms with Crippen LogP contribution in [0.5, 0.6) is 0 Å². The van der Waals surface area contributed by atoms with Crippen LogP contribution in [0.25, 0.3) is 16.9 Å². The number of anilines is 4. The van der Waals surface area contributed by atoms with Crippen LogP contribution in [0.3, 0.4) is 0 Å². The zero-order valence-electron chi connectivity index (χ0n) is 34.2. The Morgan fingerprint density at radius 3 is 2.48 bits per heavy atom. The lowest BCUT2D eigenvalue weighted by atomic mass is 9.69. The second-order valence-electron chi connectivity index (χ2n) is 17.2. The smallest absolute Gasteiger partial charge is 0.328 e. The summed E-state index contributed by atoms with van der Waals surface area (Å²) in [6, 6.07) is 14.5. The van der Waals surface area contributed by atoms with E-state index < -0.39 is 35.5 Å². The molecule has 0 bridgehead atoms. The fourth-order valence-electron chi connectivity index (χ4n) is 9.47. The Kier molecular flexibility index (Phi) is 9.90. The highest BCUT2D eigenvalue weighted by atomic mass is 35.5. The number of nitrogens with one attached hydrogen (secondary N) is 3. The number of fused-ring (bicyclic) bond motifs is 2. The third-order valence-electron chi connectivity index (χ3n) is 13.1. The SMILES string of the molecule is CNc1cc(N2CCc3c(-c4ccc(CN5CC6(CCN(Cc7cc(N8CCC(=O)NC8=O)c(Cl)cc7C)CC6(F)F)C5)cn4)cccc32)nn2c(C(=O)NC3C[C@@H]3F)cnc12. The average Bonchev–Trinajstić information content (AvgIpc) is 3.54. The lowest BCUT2D eigenvalue weighted by Crippen LogP contribution is -2.69. The van der Waals surface area contributed by atoms with E-state index in [1.165, 1.54) is 15.6 Å². The van der Waals surface area contributed by atoms with Crippen LogP contribution in [0.4, 0.5) is 40.8 Å². The normalized spacial score (nSPS) is 21.8. The number of pyridine rings is 1. The highest BCUT2D eigenvalue weighted by molar-refractivity contribution is 6.34. The van der Waals surface area contributed by atoms with Gasteiger partial charge in [0.05, 0.1) is 46.3 Å². The number of halogens is 4. The molecule has 3 aromatic heterocycles. The predicted molar refractivity (Wildman–Crippen MR) is 228 cm³/mol. The van der Waals surface area contributed by atoms with Gasteiger partial charge < -0.3 is 15.5 Å². The molecule has 2 atom stereocenters. The minimum atomic E-state index is -2.90. The van der Waals surface area contributed by atoms with Crippen molar-refractivity contribution >= 4 is 58.0 Å². The van der Waals surface area contributed by atoms with Crippen LogP contribution in [0.1, 0.15) is 52.0 Å². The molecule has 18 heteroatoms. The molecule has 10 rings (SSSR count). The Labute approximate surface area is 360 Å². The van der Waals surface area contributed by atoms with Gasteiger partial charge in [-0.05, 0) is 72.8 Å². The molecular weight excluding hydrogens is 823 g/mol. The van der Waals surface area contributed by atoms with Crippen LogP contribution in [0, 0.1) is 12.3 Å². The Balaban J connectivity index is 0.786. The first-order valence-electron chi connectivity index (χ1n) is 20.9. The number of benzene rings is 2. The monoisotopic (exact) mass is 867 g/mol. The van der Waals surface area contributed by atoms with Crippen molar-refractivity contribution in [3.63, 3.8) is 0 Å². The zero-order chi connectivity index (χ0) is 43.1. The largest absolute Gasteiger partial charge is 0.385 e. The fourth-order valence-corrected chi connectivity index (χ4v) is 9.80. The number of aromatic nitrogens is 4. The summed E-state index contributed by atoms with van der Waals surface area (Å²) in [6.07, 6.45) is 3.81. The molecule has 62 heavy (non-hydrogen) atoms. The van der Waals surface area contributed by atoms with E-state index in [1.54, 1.807) is 24.1 Å². The average molecular weight is 868 g/mol. The molecule has 5 aliphatic rings. The van der Waals surface area contributed by atoms with E-state index in [0.717, 1.165) is 45.6 Å². The first kappa shape index (κ1) is 40.3. The van der Waals surface area contributed by atoms with Crippen molar-refractivity contribution in [1.29, 1.82) is 0 Å². The Hall–Kier alpha value is -5.78. The second-order valence-corrected chi connectivity index (χ2v) is 17.6. The highest BCUT2D eigenvalue weighted by Crippen LogP contribution is 2.51. The van der Waals surface area contributed by atoms with E-state index in [1.807, 2.05) is 49.5 Å². The van der Waals surface area contributed by atoms with Gasteiger partial charge in [-0.2, -0.15) is 0 Å². The van der Waals surface area contributed by atoms with Crippen LogP contribution < -0.4 is 25.8 Å². The minimum absolute atomic E-state index is 0.154. The maximum absolute atomic E-state index is 16.0. The van der Waals surface area contributed by atoms with Crippen LogP contribution >= 0.6 is 11.6 Å². The number of piperidine rings is 1. The van der Waals surface area contributed by atoms with Gasteiger partial charge in [-0.15, -0.1) is 5.10 Å². The number of carbonyl (C=O) groups excluding carboxylic acids is 3. The maximum Gasteiger partial charge on any atom is 0.328 e. The standard InChI is InChI=1S/C44H45ClF3N11O3/c1-25-14-30(45)36(58-12-9-39(60)53-42(58)62)15-27(25)21-55-13-10-43(44(47,48)24-55)22-56(23-43)20-26-6-7-32(50-18-26)28-4-3-5-35-29(28)8-11-57(35)38-17-34(49-2)40-51-19-37(59(40)54-38)41(61)52-33-16-31(33)46/h3-7,14-15,17-19,31,33,49H,8-13,16,20-24H2,1-2H3,(H,52,61)(H,53,60,62)/t31-,33?/m0/s1. The fraction of sp³-hybridized carbons (Fsp3) is 0.409. The zero-order valence-corrected chi connectivity index (χ0v) is 35.0. The Bertz CT molecular complexity index is 2640. The number of aryl methyl sites for hydroxylation is 1. The summed E-state index contributed by atoms with van der Waals surface area (Å²) in [6.45, 7) is 4.28. The summed E-state index contributed by atoms with van der Waals surface area (Å²) >= 11 is 6.51. The number of hydrogen-bond acceptors (Lipinski definition) is 10. The Morgan fingerprint density at radius 1 is 0.952 bits per heavy atom. The van der Waals surface area contributed by atoms with E-state index in [2.05, 4.69) is 30.7 Å². The molecule has 4 fully saturated rings. The summed E-state index contributed by atoms with van der Waals surface area (Å²) in [7, 11) is 1.78. The predicted octanol–water partition coefficient (Wildman–Crippen LogP) is 6.12. The van der Waals surface area contributed by atoms with Crippen molar-refractivity contribution in [2.45, 2.75) is 63.8 Å². The summed E-state index contributed by atoms with van der Waals surface area (Å²) in [5.41, 5.74) is 7.26. The molecule has 322 valence electrons. The van der Waals surface area contributed by atoms with Crippen LogP contribution in [0.15, 0.2) is 60.9 Å². The summed E-state index contributed by atoms with van der Waals surface area (Å²) in [5, 5.41) is 13.4. The van der Waals surface area contributed by atoms with Crippen molar-refractivity contribution in [3.8, 4) is 11.3 Å². The maximum atomic E-state index is 16.0. The number of carbonyl (C=O) groups is 3. The van der Waals surface area contributed by atoms with Crippen LogP contribution in [0.2, 0.25) is 5.02 Å². The number of hydrogen-bond donors (Lipinski definition) is 3. The van der Waals surface area contributed by atoms with Gasteiger partial charge in [-0.1, -0.05) is 29.8 Å². The number of nitrogens with zero attached hydrogens (tertiary/aromatic N) is 8. The van der Waals surface area contributed by atoms with Gasteiger partial charge in [0.25, 0.3) is 11.8 Å². The van der Waals surface area contributed by atoms with Crippen molar-refractivity contribution in [1.82, 2.24) is 40.0 Å². The van der Waals surface area contributed by atoms with E-state index in [0.29, 0.717) is 80.0 Å². The van der Waals surface area contributed by atoms with Gasteiger partial charge in [0.15, 0.2) is 17.2 Å². The lowest BCUT2D eigenvalue weighted by molar-refractivity contribution is -0.227. The molecule has 3 N–H and O–H groups in total. The van der Waals surface area contributed by atoms with E-state index >= 15 is 8.78 Å². The molecule has 3 saturated heterocycles. The molecule has 1 saturated carbocycles. The van der Waals surface area contributed by atoms with Gasteiger partial charge in [0.2, 0.25) is 5.91 Å². The molecule has 7 heterocycles. The second kappa shape index (κ2) is 15.2. The Morgan fingerprint density at radius 2 is 1.76 bits per heavy atom. The van der Waals surface area contributed by atoms with Crippen LogP contribution in [-0.4, -0.2) is 112 Å². The molecule has 1 aliphatic carbocycles. The van der Waals surface area contributed by atoms with Crippen molar-refractivity contribution in [2.75, 3.05) is 61.4 Å². The molecule has 2 aromatic carbocycles. The molecule has 1 unspecified atom stereocenters.